The first-order valence-electron chi connectivity index (χ1n) is 7.12. The zero-order valence-corrected chi connectivity index (χ0v) is 12.5. The van der Waals surface area contributed by atoms with E-state index >= 15 is 0 Å². The van der Waals surface area contributed by atoms with Gasteiger partial charge >= 0.3 is 6.18 Å². The predicted octanol–water partition coefficient (Wildman–Crippen LogP) is 4.03. The van der Waals surface area contributed by atoms with Gasteiger partial charge < -0.3 is 0 Å². The Hall–Kier alpha value is -1.61. The molecule has 0 saturated carbocycles. The standard InChI is InChI=1S/C16H14F3NOS/c17-16(18,19)12-4-5-15(11(6-12)9-20)10-7-13-2-1-3-14(8-10)22(13)21/h4-7,13-14H,1-3,8H2. The van der Waals surface area contributed by atoms with Crippen LogP contribution in [0.5, 0.6) is 0 Å². The van der Waals surface area contributed by atoms with E-state index in [4.69, 9.17) is 0 Å². The number of halogens is 3. The number of allylic oxidation sites excluding steroid dienone is 1. The minimum atomic E-state index is -4.46. The Bertz CT molecular complexity index is 702. The lowest BCUT2D eigenvalue weighted by Crippen LogP contribution is -2.33. The molecular weight excluding hydrogens is 311 g/mol. The fourth-order valence-electron chi connectivity index (χ4n) is 3.19. The summed E-state index contributed by atoms with van der Waals surface area (Å²) in [7, 11) is -0.897. The summed E-state index contributed by atoms with van der Waals surface area (Å²) in [5.41, 5.74) is 0.628. The molecule has 1 aromatic rings. The summed E-state index contributed by atoms with van der Waals surface area (Å²) in [5, 5.41) is 9.22. The number of nitriles is 1. The largest absolute Gasteiger partial charge is 0.416 e. The smallest absolute Gasteiger partial charge is 0.259 e. The molecule has 0 spiro atoms. The molecule has 6 heteroatoms. The van der Waals surface area contributed by atoms with Crippen molar-refractivity contribution in [2.45, 2.75) is 42.4 Å². The zero-order chi connectivity index (χ0) is 15.9. The van der Waals surface area contributed by atoms with Gasteiger partial charge in [-0.15, -0.1) is 0 Å². The predicted molar refractivity (Wildman–Crippen MR) is 78.3 cm³/mol. The van der Waals surface area contributed by atoms with Crippen LogP contribution in [-0.4, -0.2) is 14.7 Å². The molecule has 0 aromatic heterocycles. The van der Waals surface area contributed by atoms with E-state index in [0.29, 0.717) is 12.0 Å². The van der Waals surface area contributed by atoms with Crippen LogP contribution in [0.2, 0.25) is 0 Å². The van der Waals surface area contributed by atoms with E-state index < -0.39 is 22.5 Å². The van der Waals surface area contributed by atoms with Crippen LogP contribution in [0.3, 0.4) is 0 Å². The van der Waals surface area contributed by atoms with Crippen LogP contribution >= 0.6 is 0 Å². The highest BCUT2D eigenvalue weighted by Crippen LogP contribution is 2.39. The van der Waals surface area contributed by atoms with Gasteiger partial charge in [0.25, 0.3) is 0 Å². The molecule has 2 heterocycles. The highest BCUT2D eigenvalue weighted by Gasteiger charge is 2.35. The number of rotatable bonds is 1. The van der Waals surface area contributed by atoms with Crippen molar-refractivity contribution in [2.75, 3.05) is 0 Å². The SMILES string of the molecule is N#Cc1cc(C(F)(F)F)ccc1C1=CC2CCCC(C1)S2=O. The number of hydrogen-bond donors (Lipinski definition) is 0. The van der Waals surface area contributed by atoms with Crippen molar-refractivity contribution in [1.29, 1.82) is 5.26 Å². The highest BCUT2D eigenvalue weighted by molar-refractivity contribution is 7.86. The Morgan fingerprint density at radius 1 is 1.27 bits per heavy atom. The van der Waals surface area contributed by atoms with Crippen molar-refractivity contribution in [2.24, 2.45) is 0 Å². The average Bonchev–Trinajstić information content (AvgIpc) is 2.45. The van der Waals surface area contributed by atoms with Gasteiger partial charge in [0.15, 0.2) is 0 Å². The molecule has 1 fully saturated rings. The molecule has 0 aliphatic carbocycles. The molecule has 1 aromatic carbocycles. The summed E-state index contributed by atoms with van der Waals surface area (Å²) in [6.45, 7) is 0. The van der Waals surface area contributed by atoms with Crippen molar-refractivity contribution < 1.29 is 17.4 Å². The maximum absolute atomic E-state index is 12.8. The molecule has 22 heavy (non-hydrogen) atoms. The summed E-state index contributed by atoms with van der Waals surface area (Å²) in [5.74, 6) is 0. The molecule has 3 atom stereocenters. The molecule has 116 valence electrons. The fraction of sp³-hybridized carbons (Fsp3) is 0.438. The number of benzene rings is 1. The number of fused-ring (bicyclic) bond motifs is 2. The molecule has 2 aliphatic heterocycles. The van der Waals surface area contributed by atoms with E-state index in [2.05, 4.69) is 0 Å². The van der Waals surface area contributed by atoms with Crippen molar-refractivity contribution in [3.63, 3.8) is 0 Å². The monoisotopic (exact) mass is 325 g/mol. The van der Waals surface area contributed by atoms with Crippen LogP contribution in [0.25, 0.3) is 5.57 Å². The number of nitrogens with zero attached hydrogens (tertiary/aromatic N) is 1. The Labute approximate surface area is 129 Å². The third kappa shape index (κ3) is 2.70. The second-order valence-electron chi connectivity index (χ2n) is 5.69. The Kier molecular flexibility index (Phi) is 3.85. The normalized spacial score (nSPS) is 27.9. The number of alkyl halides is 3. The zero-order valence-electron chi connectivity index (χ0n) is 11.7. The topological polar surface area (TPSA) is 40.9 Å². The number of hydrogen-bond acceptors (Lipinski definition) is 2. The quantitative estimate of drug-likeness (QED) is 0.782. The van der Waals surface area contributed by atoms with Crippen LogP contribution in [0.1, 0.15) is 42.4 Å². The summed E-state index contributed by atoms with van der Waals surface area (Å²) in [4.78, 5) is 0. The second kappa shape index (κ2) is 5.54. The maximum atomic E-state index is 12.8. The van der Waals surface area contributed by atoms with E-state index in [0.717, 1.165) is 37.0 Å². The van der Waals surface area contributed by atoms with E-state index in [1.54, 1.807) is 0 Å². The Morgan fingerprint density at radius 3 is 2.68 bits per heavy atom. The lowest BCUT2D eigenvalue weighted by atomic mass is 9.90. The minimum absolute atomic E-state index is 0.0312. The van der Waals surface area contributed by atoms with Gasteiger partial charge in [0.1, 0.15) is 0 Å². The third-order valence-corrected chi connectivity index (χ3v) is 6.32. The Morgan fingerprint density at radius 2 is 2.05 bits per heavy atom. The summed E-state index contributed by atoms with van der Waals surface area (Å²) >= 11 is 0. The van der Waals surface area contributed by atoms with Gasteiger partial charge in [0, 0.05) is 16.0 Å². The van der Waals surface area contributed by atoms with Crippen LogP contribution < -0.4 is 0 Å². The van der Waals surface area contributed by atoms with Crippen LogP contribution in [0.4, 0.5) is 13.2 Å². The van der Waals surface area contributed by atoms with Crippen molar-refractivity contribution in [1.82, 2.24) is 0 Å². The first-order valence-corrected chi connectivity index (χ1v) is 8.39. The average molecular weight is 325 g/mol. The minimum Gasteiger partial charge on any atom is -0.259 e. The summed E-state index contributed by atoms with van der Waals surface area (Å²) in [6, 6.07) is 5.15. The summed E-state index contributed by atoms with van der Waals surface area (Å²) < 4.78 is 50.4. The van der Waals surface area contributed by atoms with E-state index in [9.17, 15) is 22.6 Å². The summed E-state index contributed by atoms with van der Waals surface area (Å²) in [6.07, 6.45) is 0.766. The van der Waals surface area contributed by atoms with Crippen molar-refractivity contribution in [3.05, 3.63) is 41.0 Å². The molecule has 1 saturated heterocycles. The lowest BCUT2D eigenvalue weighted by Gasteiger charge is -2.33. The van der Waals surface area contributed by atoms with E-state index in [1.165, 1.54) is 6.07 Å². The molecule has 0 N–H and O–H groups in total. The first-order chi connectivity index (χ1) is 10.4. The molecule has 3 rings (SSSR count). The van der Waals surface area contributed by atoms with E-state index in [1.807, 2.05) is 12.1 Å². The maximum Gasteiger partial charge on any atom is 0.416 e. The van der Waals surface area contributed by atoms with Crippen LogP contribution in [0, 0.1) is 11.3 Å². The van der Waals surface area contributed by atoms with Gasteiger partial charge in [0.05, 0.1) is 22.4 Å². The first kappa shape index (κ1) is 15.3. The highest BCUT2D eigenvalue weighted by atomic mass is 32.2. The van der Waals surface area contributed by atoms with Gasteiger partial charge in [0.2, 0.25) is 0 Å². The molecule has 2 nitrogen and oxygen atoms in total. The van der Waals surface area contributed by atoms with Crippen molar-refractivity contribution in [3.8, 4) is 6.07 Å². The lowest BCUT2D eigenvalue weighted by molar-refractivity contribution is -0.137. The van der Waals surface area contributed by atoms with Gasteiger partial charge in [-0.2, -0.15) is 18.4 Å². The van der Waals surface area contributed by atoms with E-state index in [-0.39, 0.29) is 16.1 Å². The molecule has 2 aliphatic rings. The van der Waals surface area contributed by atoms with Crippen molar-refractivity contribution >= 4 is 16.4 Å². The van der Waals surface area contributed by atoms with Crippen LogP contribution in [0.15, 0.2) is 24.3 Å². The van der Waals surface area contributed by atoms with Crippen LogP contribution in [-0.2, 0) is 17.0 Å². The van der Waals surface area contributed by atoms with Gasteiger partial charge in [-0.3, -0.25) is 4.21 Å². The van der Waals surface area contributed by atoms with Gasteiger partial charge in [-0.05, 0) is 42.5 Å². The fourth-order valence-corrected chi connectivity index (χ4v) is 5.13. The molecule has 0 amide bonds. The molecule has 3 unspecified atom stereocenters. The molecule has 2 bridgehead atoms. The molecule has 0 radical (unpaired) electrons. The Balaban J connectivity index is 2.02. The molecular formula is C16H14F3NOS. The van der Waals surface area contributed by atoms with Gasteiger partial charge in [-0.1, -0.05) is 18.6 Å². The third-order valence-electron chi connectivity index (χ3n) is 4.29. The van der Waals surface area contributed by atoms with Gasteiger partial charge in [-0.25, -0.2) is 0 Å². The second-order valence-corrected chi connectivity index (χ2v) is 7.62.